The molecule has 27 heavy (non-hydrogen) atoms. The molecule has 1 aliphatic rings. The molecular formula is C22H30FN2O2+. The second-order valence-electron chi connectivity index (χ2n) is 7.57. The van der Waals surface area contributed by atoms with Crippen molar-refractivity contribution in [3.05, 3.63) is 59.9 Å². The Kier molecular flexibility index (Phi) is 6.69. The number of rotatable bonds is 7. The summed E-state index contributed by atoms with van der Waals surface area (Å²) in [5, 5.41) is 10.4. The van der Waals surface area contributed by atoms with E-state index in [4.69, 9.17) is 4.74 Å². The summed E-state index contributed by atoms with van der Waals surface area (Å²) >= 11 is 0. The average molecular weight is 373 g/mol. The molecule has 0 bridgehead atoms. The Balaban J connectivity index is 1.44. The van der Waals surface area contributed by atoms with Crippen molar-refractivity contribution in [3.8, 4) is 5.75 Å². The highest BCUT2D eigenvalue weighted by Crippen LogP contribution is 2.25. The van der Waals surface area contributed by atoms with E-state index in [9.17, 15) is 9.50 Å². The second kappa shape index (κ2) is 9.20. The van der Waals surface area contributed by atoms with E-state index >= 15 is 0 Å². The van der Waals surface area contributed by atoms with Crippen LogP contribution in [-0.2, 0) is 0 Å². The van der Waals surface area contributed by atoms with Gasteiger partial charge < -0.3 is 19.6 Å². The summed E-state index contributed by atoms with van der Waals surface area (Å²) in [6.45, 7) is 9.01. The van der Waals surface area contributed by atoms with Crippen LogP contribution < -0.4 is 14.5 Å². The van der Waals surface area contributed by atoms with E-state index in [-0.39, 0.29) is 5.82 Å². The van der Waals surface area contributed by atoms with Crippen LogP contribution in [0.3, 0.4) is 0 Å². The van der Waals surface area contributed by atoms with E-state index in [2.05, 4.69) is 24.8 Å². The lowest BCUT2D eigenvalue weighted by Gasteiger charge is -2.34. The summed E-state index contributed by atoms with van der Waals surface area (Å²) in [4.78, 5) is 3.65. The van der Waals surface area contributed by atoms with Gasteiger partial charge in [-0.1, -0.05) is 32.0 Å². The average Bonchev–Trinajstić information content (AvgIpc) is 2.68. The van der Waals surface area contributed by atoms with Crippen LogP contribution in [0.15, 0.2) is 48.5 Å². The zero-order chi connectivity index (χ0) is 19.2. The third-order valence-electron chi connectivity index (χ3n) is 5.16. The number of benzene rings is 2. The summed E-state index contributed by atoms with van der Waals surface area (Å²) in [5.74, 6) is 1.05. The molecule has 0 radical (unpaired) electrons. The molecule has 0 aromatic heterocycles. The molecule has 0 amide bonds. The van der Waals surface area contributed by atoms with E-state index in [1.807, 2.05) is 30.3 Å². The van der Waals surface area contributed by atoms with Gasteiger partial charge in [0.05, 0.1) is 26.2 Å². The monoisotopic (exact) mass is 373 g/mol. The van der Waals surface area contributed by atoms with Crippen molar-refractivity contribution in [3.63, 3.8) is 0 Å². The number of hydrogen-bond acceptors (Lipinski definition) is 3. The van der Waals surface area contributed by atoms with Crippen molar-refractivity contribution in [2.24, 2.45) is 0 Å². The lowest BCUT2D eigenvalue weighted by Crippen LogP contribution is -3.16. The third kappa shape index (κ3) is 5.44. The largest absolute Gasteiger partial charge is 0.490 e. The molecule has 3 rings (SSSR count). The zero-order valence-corrected chi connectivity index (χ0v) is 16.2. The van der Waals surface area contributed by atoms with Crippen LogP contribution in [-0.4, -0.2) is 50.5 Å². The first-order valence-corrected chi connectivity index (χ1v) is 9.77. The molecule has 1 fully saturated rings. The number of halogens is 1. The van der Waals surface area contributed by atoms with Gasteiger partial charge in [0, 0.05) is 5.69 Å². The highest BCUT2D eigenvalue weighted by atomic mass is 19.1. The number of nitrogens with zero attached hydrogens (tertiary/aromatic N) is 1. The molecule has 1 aliphatic heterocycles. The van der Waals surface area contributed by atoms with Gasteiger partial charge in [0.25, 0.3) is 0 Å². The van der Waals surface area contributed by atoms with Gasteiger partial charge in [0.1, 0.15) is 30.8 Å². The summed E-state index contributed by atoms with van der Waals surface area (Å²) in [6, 6.07) is 14.7. The van der Waals surface area contributed by atoms with Gasteiger partial charge >= 0.3 is 0 Å². The zero-order valence-electron chi connectivity index (χ0n) is 16.2. The first-order valence-electron chi connectivity index (χ1n) is 9.77. The highest BCUT2D eigenvalue weighted by molar-refractivity contribution is 5.46. The molecule has 2 N–H and O–H groups in total. The molecule has 2 aromatic rings. The molecule has 0 spiro atoms. The Morgan fingerprint density at radius 3 is 2.41 bits per heavy atom. The maximum absolute atomic E-state index is 13.1. The Bertz CT molecular complexity index is 713. The number of quaternary nitrogens is 1. The normalized spacial score (nSPS) is 16.6. The van der Waals surface area contributed by atoms with Gasteiger partial charge in [-0.25, -0.2) is 4.39 Å². The number of hydrogen-bond donors (Lipinski definition) is 2. The number of para-hydroxylation sites is 1. The molecule has 4 nitrogen and oxygen atoms in total. The van der Waals surface area contributed by atoms with E-state index < -0.39 is 6.10 Å². The topological polar surface area (TPSA) is 37.1 Å². The van der Waals surface area contributed by atoms with Crippen LogP contribution >= 0.6 is 0 Å². The predicted octanol–water partition coefficient (Wildman–Crippen LogP) is 2.09. The van der Waals surface area contributed by atoms with Crippen LogP contribution in [0.1, 0.15) is 25.3 Å². The molecule has 0 aliphatic carbocycles. The molecule has 2 aromatic carbocycles. The van der Waals surface area contributed by atoms with E-state index in [1.54, 1.807) is 0 Å². The summed E-state index contributed by atoms with van der Waals surface area (Å²) in [6.07, 6.45) is -0.488. The minimum Gasteiger partial charge on any atom is -0.490 e. The van der Waals surface area contributed by atoms with Gasteiger partial charge in [-0.2, -0.15) is 0 Å². The Morgan fingerprint density at radius 2 is 1.74 bits per heavy atom. The molecule has 1 atom stereocenters. The van der Waals surface area contributed by atoms with Crippen LogP contribution in [0.5, 0.6) is 5.75 Å². The number of piperazine rings is 1. The lowest BCUT2D eigenvalue weighted by atomic mass is 10.0. The SMILES string of the molecule is CC(C)c1ccccc1OC[C@@H](O)C[NH+]1CCN(c2ccc(F)cc2)CC1. The molecule has 1 heterocycles. The fourth-order valence-electron chi connectivity index (χ4n) is 3.60. The Hall–Kier alpha value is -2.11. The first kappa shape index (κ1) is 19.6. The maximum Gasteiger partial charge on any atom is 0.137 e. The van der Waals surface area contributed by atoms with Gasteiger partial charge in [-0.15, -0.1) is 0 Å². The highest BCUT2D eigenvalue weighted by Gasteiger charge is 2.23. The van der Waals surface area contributed by atoms with Gasteiger partial charge in [-0.3, -0.25) is 0 Å². The number of anilines is 1. The molecule has 146 valence electrons. The first-order chi connectivity index (χ1) is 13.0. The number of ether oxygens (including phenoxy) is 1. The van der Waals surface area contributed by atoms with Crippen LogP contribution in [0.2, 0.25) is 0 Å². The molecular weight excluding hydrogens is 343 g/mol. The number of nitrogens with one attached hydrogen (secondary N) is 1. The second-order valence-corrected chi connectivity index (χ2v) is 7.57. The van der Waals surface area contributed by atoms with Crippen molar-refractivity contribution in [2.45, 2.75) is 25.9 Å². The summed E-state index contributed by atoms with van der Waals surface area (Å²) in [7, 11) is 0. The van der Waals surface area contributed by atoms with Gasteiger partial charge in [-0.05, 0) is 41.8 Å². The van der Waals surface area contributed by atoms with Crippen molar-refractivity contribution in [1.29, 1.82) is 0 Å². The smallest absolute Gasteiger partial charge is 0.137 e. The number of aliphatic hydroxyl groups excluding tert-OH is 1. The lowest BCUT2D eigenvalue weighted by molar-refractivity contribution is -0.903. The van der Waals surface area contributed by atoms with Crippen molar-refractivity contribution in [1.82, 2.24) is 0 Å². The Morgan fingerprint density at radius 1 is 1.07 bits per heavy atom. The van der Waals surface area contributed by atoms with Crippen molar-refractivity contribution < 1.29 is 19.1 Å². The maximum atomic E-state index is 13.1. The summed E-state index contributed by atoms with van der Waals surface area (Å²) in [5.41, 5.74) is 2.23. The molecule has 1 saturated heterocycles. The van der Waals surface area contributed by atoms with Crippen LogP contribution in [0.25, 0.3) is 0 Å². The third-order valence-corrected chi connectivity index (χ3v) is 5.16. The molecule has 0 saturated carbocycles. The summed E-state index contributed by atoms with van der Waals surface area (Å²) < 4.78 is 19.0. The van der Waals surface area contributed by atoms with Crippen molar-refractivity contribution >= 4 is 5.69 Å². The van der Waals surface area contributed by atoms with E-state index in [1.165, 1.54) is 22.6 Å². The van der Waals surface area contributed by atoms with Crippen molar-refractivity contribution in [2.75, 3.05) is 44.2 Å². The van der Waals surface area contributed by atoms with Crippen LogP contribution in [0, 0.1) is 5.82 Å². The van der Waals surface area contributed by atoms with E-state index in [0.29, 0.717) is 19.1 Å². The quantitative estimate of drug-likeness (QED) is 0.781. The predicted molar refractivity (Wildman–Crippen MR) is 106 cm³/mol. The molecule has 0 unspecified atom stereocenters. The van der Waals surface area contributed by atoms with Gasteiger partial charge in [0.2, 0.25) is 0 Å². The minimum atomic E-state index is -0.488. The standard InChI is InChI=1S/C22H29FN2O2/c1-17(2)21-5-3-4-6-22(21)27-16-20(26)15-24-11-13-25(14-12-24)19-9-7-18(23)8-10-19/h3-10,17,20,26H,11-16H2,1-2H3/p+1/t20-/m0/s1. The fraction of sp³-hybridized carbons (Fsp3) is 0.455. The van der Waals surface area contributed by atoms with Crippen LogP contribution in [0.4, 0.5) is 10.1 Å². The molecule has 5 heteroatoms. The Labute approximate surface area is 161 Å². The minimum absolute atomic E-state index is 0.204. The van der Waals surface area contributed by atoms with E-state index in [0.717, 1.165) is 37.6 Å². The van der Waals surface area contributed by atoms with Gasteiger partial charge in [0.15, 0.2) is 0 Å². The fourth-order valence-corrected chi connectivity index (χ4v) is 3.60. The number of aliphatic hydroxyl groups is 1.